The van der Waals surface area contributed by atoms with Gasteiger partial charge in [-0.2, -0.15) is 0 Å². The molecule has 1 spiro atoms. The highest BCUT2D eigenvalue weighted by Gasteiger charge is 2.83. The first kappa shape index (κ1) is 10.6. The maximum absolute atomic E-state index is 6.59. The highest BCUT2D eigenvalue weighted by molar-refractivity contribution is 5.31. The van der Waals surface area contributed by atoms with Gasteiger partial charge in [-0.1, -0.05) is 0 Å². The molecule has 2 heteroatoms. The first-order chi connectivity index (χ1) is 9.29. The third-order valence-corrected chi connectivity index (χ3v) is 7.08. The maximum atomic E-state index is 6.59. The van der Waals surface area contributed by atoms with Crippen molar-refractivity contribution in [2.45, 2.75) is 74.6 Å². The van der Waals surface area contributed by atoms with E-state index in [9.17, 15) is 0 Å². The average Bonchev–Trinajstić information content (AvgIpc) is 3.24. The smallest absolute Gasteiger partial charge is 0.124 e. The van der Waals surface area contributed by atoms with Crippen LogP contribution in [0.15, 0.2) is 0 Å². The van der Waals surface area contributed by atoms with Crippen LogP contribution in [-0.4, -0.2) is 23.4 Å². The lowest BCUT2D eigenvalue weighted by Gasteiger charge is -2.28. The number of hydrogen-bond donors (Lipinski definition) is 0. The summed E-state index contributed by atoms with van der Waals surface area (Å²) in [4.78, 5) is 0. The molecule has 0 radical (unpaired) electrons. The zero-order valence-corrected chi connectivity index (χ0v) is 11.7. The van der Waals surface area contributed by atoms with Crippen LogP contribution in [0.4, 0.5) is 0 Å². The molecule has 0 aromatic rings. The van der Waals surface area contributed by atoms with Crippen LogP contribution >= 0.6 is 0 Å². The Morgan fingerprint density at radius 3 is 1.68 bits per heavy atom. The minimum Gasteiger partial charge on any atom is -0.371 e. The van der Waals surface area contributed by atoms with E-state index < -0.39 is 0 Å². The van der Waals surface area contributed by atoms with Crippen LogP contribution < -0.4 is 0 Å². The van der Waals surface area contributed by atoms with Crippen LogP contribution in [0.5, 0.6) is 0 Å². The van der Waals surface area contributed by atoms with Gasteiger partial charge in [0, 0.05) is 6.42 Å². The minimum atomic E-state index is 0.181. The van der Waals surface area contributed by atoms with Crippen molar-refractivity contribution >= 4 is 0 Å². The summed E-state index contributed by atoms with van der Waals surface area (Å²) >= 11 is 0. The molecule has 6 fully saturated rings. The van der Waals surface area contributed by atoms with Gasteiger partial charge in [0.05, 0.1) is 12.2 Å². The first-order valence-electron chi connectivity index (χ1n) is 8.63. The third kappa shape index (κ3) is 1.18. The Bertz CT molecular complexity index is 392. The molecule has 2 saturated heterocycles. The van der Waals surface area contributed by atoms with E-state index in [1.54, 1.807) is 0 Å². The number of ether oxygens (including phenoxy) is 2. The van der Waals surface area contributed by atoms with E-state index >= 15 is 0 Å². The quantitative estimate of drug-likeness (QED) is 0.723. The van der Waals surface area contributed by atoms with Crippen molar-refractivity contribution < 1.29 is 9.47 Å². The second-order valence-electron chi connectivity index (χ2n) is 8.41. The van der Waals surface area contributed by atoms with Crippen molar-refractivity contribution in [1.82, 2.24) is 0 Å². The summed E-state index contributed by atoms with van der Waals surface area (Å²) in [7, 11) is 0. The van der Waals surface area contributed by atoms with Gasteiger partial charge >= 0.3 is 0 Å². The normalized spacial score (nSPS) is 46.7. The molecule has 2 heterocycles. The summed E-state index contributed by atoms with van der Waals surface area (Å²) in [6, 6.07) is 0. The molecule has 6 aliphatic rings. The monoisotopic (exact) mass is 260 g/mol. The summed E-state index contributed by atoms with van der Waals surface area (Å²) in [6.45, 7) is 0.937. The summed E-state index contributed by atoms with van der Waals surface area (Å²) in [5, 5.41) is 0. The molecule has 2 aliphatic heterocycles. The van der Waals surface area contributed by atoms with Crippen molar-refractivity contribution in [3.8, 4) is 0 Å². The molecule has 4 aliphatic carbocycles. The van der Waals surface area contributed by atoms with Crippen LogP contribution in [0.2, 0.25) is 0 Å². The average molecular weight is 260 g/mol. The van der Waals surface area contributed by atoms with Crippen molar-refractivity contribution in [2.24, 2.45) is 23.7 Å². The van der Waals surface area contributed by atoms with Gasteiger partial charge in [-0.05, 0) is 75.0 Å². The van der Waals surface area contributed by atoms with Gasteiger partial charge < -0.3 is 9.47 Å². The summed E-state index contributed by atoms with van der Waals surface area (Å²) in [6.07, 6.45) is 12.7. The van der Waals surface area contributed by atoms with Gasteiger partial charge in [0.2, 0.25) is 0 Å². The molecule has 6 rings (SSSR count). The predicted molar refractivity (Wildman–Crippen MR) is 70.7 cm³/mol. The number of rotatable bonds is 4. The Morgan fingerprint density at radius 2 is 1.21 bits per heavy atom. The third-order valence-electron chi connectivity index (χ3n) is 7.08. The van der Waals surface area contributed by atoms with Crippen molar-refractivity contribution in [3.05, 3.63) is 0 Å². The highest BCUT2D eigenvalue weighted by atomic mass is 16.7. The lowest BCUT2D eigenvalue weighted by Crippen LogP contribution is -2.36. The van der Waals surface area contributed by atoms with Crippen molar-refractivity contribution in [3.63, 3.8) is 0 Å². The Kier molecular flexibility index (Phi) is 1.63. The van der Waals surface area contributed by atoms with E-state index in [0.717, 1.165) is 30.3 Å². The van der Waals surface area contributed by atoms with Crippen LogP contribution in [0.25, 0.3) is 0 Å². The number of hydrogen-bond acceptors (Lipinski definition) is 2. The van der Waals surface area contributed by atoms with Crippen LogP contribution in [-0.2, 0) is 9.47 Å². The van der Waals surface area contributed by atoms with Gasteiger partial charge in [0.25, 0.3) is 0 Å². The standard InChI is InChI=1S/C17H24O2/c1-2-11(1)16(12-3-4-12)9-15(10-18-16)17(19-15,13-5-6-13)14-7-8-14/h11-14H,1-10H2. The van der Waals surface area contributed by atoms with Crippen LogP contribution in [0, 0.1) is 23.7 Å². The van der Waals surface area contributed by atoms with Gasteiger partial charge in [-0.3, -0.25) is 0 Å². The molecular weight excluding hydrogens is 236 g/mol. The summed E-state index contributed by atoms with van der Waals surface area (Å²) in [5.74, 6) is 3.58. The van der Waals surface area contributed by atoms with E-state index in [-0.39, 0.29) is 11.2 Å². The van der Waals surface area contributed by atoms with Gasteiger partial charge in [0.15, 0.2) is 0 Å². The van der Waals surface area contributed by atoms with E-state index in [4.69, 9.17) is 9.47 Å². The fraction of sp³-hybridized carbons (Fsp3) is 1.00. The second kappa shape index (κ2) is 2.92. The fourth-order valence-corrected chi connectivity index (χ4v) is 5.68. The molecule has 1 atom stereocenters. The molecule has 4 saturated carbocycles. The molecule has 0 bridgehead atoms. The predicted octanol–water partition coefficient (Wildman–Crippen LogP) is 3.29. The first-order valence-corrected chi connectivity index (χ1v) is 8.63. The minimum absolute atomic E-state index is 0.181. The van der Waals surface area contributed by atoms with Gasteiger partial charge in [-0.25, -0.2) is 0 Å². The zero-order valence-electron chi connectivity index (χ0n) is 11.7. The summed E-state index contributed by atoms with van der Waals surface area (Å²) < 4.78 is 13.1. The Hall–Kier alpha value is -0.0800. The topological polar surface area (TPSA) is 21.8 Å². The zero-order chi connectivity index (χ0) is 12.3. The Labute approximate surface area is 115 Å². The highest BCUT2D eigenvalue weighted by Crippen LogP contribution is 2.75. The molecule has 19 heavy (non-hydrogen) atoms. The lowest BCUT2D eigenvalue weighted by molar-refractivity contribution is -0.0337. The maximum Gasteiger partial charge on any atom is 0.124 e. The molecule has 104 valence electrons. The molecule has 0 N–H and O–H groups in total. The molecule has 0 aromatic carbocycles. The molecule has 1 unspecified atom stereocenters. The molecule has 2 nitrogen and oxygen atoms in total. The lowest BCUT2D eigenvalue weighted by atomic mass is 9.77. The summed E-state index contributed by atoms with van der Waals surface area (Å²) in [5.41, 5.74) is 0.755. The van der Waals surface area contributed by atoms with E-state index in [1.165, 1.54) is 57.8 Å². The fourth-order valence-electron chi connectivity index (χ4n) is 5.68. The van der Waals surface area contributed by atoms with Gasteiger partial charge in [-0.15, -0.1) is 0 Å². The Morgan fingerprint density at radius 1 is 0.684 bits per heavy atom. The molecular formula is C17H24O2. The molecule has 0 amide bonds. The Balaban J connectivity index is 1.35. The van der Waals surface area contributed by atoms with Crippen molar-refractivity contribution in [1.29, 1.82) is 0 Å². The van der Waals surface area contributed by atoms with Crippen LogP contribution in [0.1, 0.15) is 57.8 Å². The molecule has 0 aromatic heterocycles. The van der Waals surface area contributed by atoms with Crippen LogP contribution in [0.3, 0.4) is 0 Å². The van der Waals surface area contributed by atoms with Crippen molar-refractivity contribution in [2.75, 3.05) is 6.61 Å². The van der Waals surface area contributed by atoms with E-state index in [2.05, 4.69) is 0 Å². The van der Waals surface area contributed by atoms with E-state index in [1.807, 2.05) is 0 Å². The van der Waals surface area contributed by atoms with Gasteiger partial charge in [0.1, 0.15) is 11.2 Å². The second-order valence-corrected chi connectivity index (χ2v) is 8.41. The largest absolute Gasteiger partial charge is 0.371 e. The van der Waals surface area contributed by atoms with E-state index in [0.29, 0.717) is 5.60 Å². The number of epoxide rings is 1. The SMILES string of the molecule is C1CC1C1(C2CC2)CC2(CO1)OC2(C1CC1)C1CC1.